The van der Waals surface area contributed by atoms with Gasteiger partial charge in [-0.2, -0.15) is 0 Å². The van der Waals surface area contributed by atoms with E-state index in [0.29, 0.717) is 24.9 Å². The summed E-state index contributed by atoms with van der Waals surface area (Å²) in [4.78, 5) is 20.5. The van der Waals surface area contributed by atoms with Crippen LogP contribution in [0.1, 0.15) is 13.3 Å². The number of likely N-dealkylation sites (tertiary alicyclic amines) is 2. The van der Waals surface area contributed by atoms with E-state index in [2.05, 4.69) is 15.2 Å². The van der Waals surface area contributed by atoms with Gasteiger partial charge in [-0.3, -0.25) is 4.90 Å². The number of aliphatic hydroxyl groups excluding tert-OH is 1. The zero-order chi connectivity index (χ0) is 20.9. The van der Waals surface area contributed by atoms with Gasteiger partial charge in [0.05, 0.1) is 6.33 Å². The Morgan fingerprint density at radius 2 is 1.97 bits per heavy atom. The van der Waals surface area contributed by atoms with Crippen LogP contribution in [0.15, 0.2) is 43.0 Å². The van der Waals surface area contributed by atoms with Crippen molar-refractivity contribution in [1.82, 2.24) is 24.7 Å². The number of aromatic nitrogens is 2. The summed E-state index contributed by atoms with van der Waals surface area (Å²) in [5, 5.41) is 13.4. The van der Waals surface area contributed by atoms with Crippen LogP contribution in [0.3, 0.4) is 0 Å². The Kier molecular flexibility index (Phi) is 6.54. The third-order valence-corrected chi connectivity index (χ3v) is 5.82. The van der Waals surface area contributed by atoms with Gasteiger partial charge in [-0.15, -0.1) is 0 Å². The van der Waals surface area contributed by atoms with Gasteiger partial charge in [-0.05, 0) is 49.4 Å². The minimum absolute atomic E-state index is 0.0492. The van der Waals surface area contributed by atoms with Crippen LogP contribution in [0.2, 0.25) is 0 Å². The number of carbonyl (C=O) groups is 1. The molecule has 2 amide bonds. The molecule has 2 aliphatic rings. The zero-order valence-corrected chi connectivity index (χ0v) is 17.5. The number of rotatable bonds is 7. The van der Waals surface area contributed by atoms with Gasteiger partial charge >= 0.3 is 6.03 Å². The predicted molar refractivity (Wildman–Crippen MR) is 114 cm³/mol. The predicted octanol–water partition coefficient (Wildman–Crippen LogP) is 1.60. The minimum atomic E-state index is -0.545. The third-order valence-electron chi connectivity index (χ3n) is 5.82. The second-order valence-corrected chi connectivity index (χ2v) is 8.36. The molecule has 8 nitrogen and oxygen atoms in total. The largest absolute Gasteiger partial charge is 0.491 e. The lowest BCUT2D eigenvalue weighted by Crippen LogP contribution is -2.56. The van der Waals surface area contributed by atoms with Gasteiger partial charge in [0.1, 0.15) is 18.5 Å². The number of nitrogens with one attached hydrogen (secondary N) is 1. The number of carbonyl (C=O) groups excluding carboxylic acids is 1. The average Bonchev–Trinajstić information content (AvgIpc) is 3.27. The fraction of sp³-hybridized carbons (Fsp3) is 0.545. The standard InChI is InChI=1S/C22H31N5O3/c1-2-24-22(29)27-12-17-9-18(13-27)11-25(10-17)14-20(28)15-30-21-5-3-19(4-6-21)26-8-7-23-16-26/h3-8,16-18,20,28H,2,9-15H2,1H3,(H,24,29). The Labute approximate surface area is 177 Å². The van der Waals surface area contributed by atoms with E-state index in [1.807, 2.05) is 46.9 Å². The van der Waals surface area contributed by atoms with Crippen molar-refractivity contribution < 1.29 is 14.6 Å². The molecule has 3 unspecified atom stereocenters. The molecule has 2 aliphatic heterocycles. The van der Waals surface area contributed by atoms with Crippen LogP contribution < -0.4 is 10.1 Å². The molecular weight excluding hydrogens is 382 g/mol. The van der Waals surface area contributed by atoms with E-state index in [-0.39, 0.29) is 12.6 Å². The smallest absolute Gasteiger partial charge is 0.317 e. The Morgan fingerprint density at radius 1 is 1.23 bits per heavy atom. The first-order chi connectivity index (χ1) is 14.6. The number of piperidine rings is 2. The minimum Gasteiger partial charge on any atom is -0.491 e. The van der Waals surface area contributed by atoms with Crippen LogP contribution in [-0.2, 0) is 0 Å². The van der Waals surface area contributed by atoms with Crippen LogP contribution in [-0.4, -0.2) is 82.5 Å². The van der Waals surface area contributed by atoms with E-state index in [0.717, 1.165) is 37.6 Å². The van der Waals surface area contributed by atoms with Crippen LogP contribution >= 0.6 is 0 Å². The molecule has 4 rings (SSSR count). The number of imidazole rings is 1. The molecule has 3 heterocycles. The summed E-state index contributed by atoms with van der Waals surface area (Å²) in [6, 6.07) is 7.80. The van der Waals surface area contributed by atoms with Crippen molar-refractivity contribution in [1.29, 1.82) is 0 Å². The van der Waals surface area contributed by atoms with Crippen LogP contribution in [0.5, 0.6) is 5.75 Å². The maximum atomic E-state index is 12.1. The van der Waals surface area contributed by atoms with Crippen LogP contribution in [0.25, 0.3) is 5.69 Å². The number of aliphatic hydroxyl groups is 1. The van der Waals surface area contributed by atoms with Crippen molar-refractivity contribution in [3.8, 4) is 11.4 Å². The fourth-order valence-corrected chi connectivity index (χ4v) is 4.64. The van der Waals surface area contributed by atoms with Crippen molar-refractivity contribution >= 4 is 6.03 Å². The van der Waals surface area contributed by atoms with E-state index in [1.165, 1.54) is 6.42 Å². The van der Waals surface area contributed by atoms with E-state index in [4.69, 9.17) is 4.74 Å². The SMILES string of the molecule is CCNC(=O)N1CC2CC(CN(CC(O)COc3ccc(-n4ccnc4)cc3)C2)C1. The Balaban J connectivity index is 1.22. The molecule has 3 atom stereocenters. The topological polar surface area (TPSA) is 82.9 Å². The molecular formula is C22H31N5O3. The van der Waals surface area contributed by atoms with Gasteiger partial charge in [0.25, 0.3) is 0 Å². The highest BCUT2D eigenvalue weighted by atomic mass is 16.5. The van der Waals surface area contributed by atoms with Crippen molar-refractivity contribution in [2.75, 3.05) is 45.9 Å². The first kappa shape index (κ1) is 20.7. The maximum Gasteiger partial charge on any atom is 0.317 e. The Morgan fingerprint density at radius 3 is 2.60 bits per heavy atom. The number of fused-ring (bicyclic) bond motifs is 2. The molecule has 0 saturated carbocycles. The molecule has 162 valence electrons. The van der Waals surface area contributed by atoms with Gasteiger partial charge in [0.15, 0.2) is 0 Å². The summed E-state index contributed by atoms with van der Waals surface area (Å²) in [6.45, 7) is 6.91. The molecule has 0 spiro atoms. The highest BCUT2D eigenvalue weighted by molar-refractivity contribution is 5.74. The second-order valence-electron chi connectivity index (χ2n) is 8.36. The Hall–Kier alpha value is -2.58. The van der Waals surface area contributed by atoms with Gasteiger partial charge in [-0.1, -0.05) is 0 Å². The number of hydrogen-bond acceptors (Lipinski definition) is 5. The first-order valence-corrected chi connectivity index (χ1v) is 10.7. The van der Waals surface area contributed by atoms with Gasteiger partial charge < -0.3 is 24.6 Å². The first-order valence-electron chi connectivity index (χ1n) is 10.7. The number of hydrogen-bond donors (Lipinski definition) is 2. The summed E-state index contributed by atoms with van der Waals surface area (Å²) >= 11 is 0. The van der Waals surface area contributed by atoms with Crippen molar-refractivity contribution in [3.05, 3.63) is 43.0 Å². The highest BCUT2D eigenvalue weighted by Gasteiger charge is 2.36. The monoisotopic (exact) mass is 413 g/mol. The van der Waals surface area contributed by atoms with E-state index < -0.39 is 6.10 Å². The molecule has 30 heavy (non-hydrogen) atoms. The summed E-state index contributed by atoms with van der Waals surface area (Å²) in [5.41, 5.74) is 1.02. The summed E-state index contributed by atoms with van der Waals surface area (Å²) < 4.78 is 7.72. The molecule has 1 aromatic carbocycles. The van der Waals surface area contributed by atoms with E-state index in [9.17, 15) is 9.90 Å². The number of β-amino-alcohol motifs (C(OH)–C–C–N with tert-alkyl or cyclic N) is 1. The highest BCUT2D eigenvalue weighted by Crippen LogP contribution is 2.28. The lowest BCUT2D eigenvalue weighted by atomic mass is 9.84. The number of urea groups is 1. The summed E-state index contributed by atoms with van der Waals surface area (Å²) in [6.07, 6.45) is 6.01. The molecule has 2 bridgehead atoms. The quantitative estimate of drug-likeness (QED) is 0.720. The molecule has 1 aromatic heterocycles. The second kappa shape index (κ2) is 9.49. The van der Waals surface area contributed by atoms with Crippen molar-refractivity contribution in [2.24, 2.45) is 11.8 Å². The van der Waals surface area contributed by atoms with Crippen molar-refractivity contribution in [3.63, 3.8) is 0 Å². The van der Waals surface area contributed by atoms with Crippen molar-refractivity contribution in [2.45, 2.75) is 19.4 Å². The van der Waals surface area contributed by atoms with Gasteiger partial charge in [0, 0.05) is 57.3 Å². The number of nitrogens with zero attached hydrogens (tertiary/aromatic N) is 4. The third kappa shape index (κ3) is 5.12. The van der Waals surface area contributed by atoms with Gasteiger partial charge in [-0.25, -0.2) is 9.78 Å². The number of benzene rings is 1. The molecule has 2 saturated heterocycles. The molecule has 2 N–H and O–H groups in total. The number of amides is 2. The Bertz CT molecular complexity index is 797. The van der Waals surface area contributed by atoms with Gasteiger partial charge in [0.2, 0.25) is 0 Å². The van der Waals surface area contributed by atoms with E-state index >= 15 is 0 Å². The zero-order valence-electron chi connectivity index (χ0n) is 17.5. The average molecular weight is 414 g/mol. The summed E-state index contributed by atoms with van der Waals surface area (Å²) in [7, 11) is 0. The number of ether oxygens (including phenoxy) is 1. The lowest BCUT2D eigenvalue weighted by Gasteiger charge is -2.46. The maximum absolute atomic E-state index is 12.1. The van der Waals surface area contributed by atoms with Crippen LogP contribution in [0.4, 0.5) is 4.79 Å². The van der Waals surface area contributed by atoms with Crippen LogP contribution in [0, 0.1) is 11.8 Å². The summed E-state index contributed by atoms with van der Waals surface area (Å²) in [5.74, 6) is 1.69. The normalized spacial score (nSPS) is 22.5. The molecule has 2 fully saturated rings. The molecule has 0 radical (unpaired) electrons. The van der Waals surface area contributed by atoms with E-state index in [1.54, 1.807) is 12.5 Å². The molecule has 8 heteroatoms. The molecule has 2 aromatic rings. The lowest BCUT2D eigenvalue weighted by molar-refractivity contribution is 0.00925. The fourth-order valence-electron chi connectivity index (χ4n) is 4.64. The molecule has 0 aliphatic carbocycles.